The van der Waals surface area contributed by atoms with Gasteiger partial charge in [-0.2, -0.15) is 5.26 Å². The summed E-state index contributed by atoms with van der Waals surface area (Å²) >= 11 is 0. The zero-order valence-corrected chi connectivity index (χ0v) is 14.6. The number of carbonyl (C=O) groups is 2. The van der Waals surface area contributed by atoms with Gasteiger partial charge in [-0.25, -0.2) is 9.59 Å². The molecule has 0 bridgehead atoms. The fourth-order valence-electron chi connectivity index (χ4n) is 2.56. The molecule has 1 heterocycles. The van der Waals surface area contributed by atoms with Crippen LogP contribution in [0.1, 0.15) is 38.3 Å². The molecule has 0 unspecified atom stereocenters. The third-order valence-electron chi connectivity index (χ3n) is 3.74. The molecule has 0 aliphatic carbocycles. The summed E-state index contributed by atoms with van der Waals surface area (Å²) in [5.74, 6) is -1.07. The quantitative estimate of drug-likeness (QED) is 0.899. The molecule has 0 saturated carbocycles. The molecule has 134 valence electrons. The Morgan fingerprint density at radius 2 is 1.96 bits per heavy atom. The van der Waals surface area contributed by atoms with Crippen LogP contribution in [0.15, 0.2) is 24.3 Å². The monoisotopic (exact) mass is 346 g/mol. The fraction of sp³-hybridized carbons (Fsp3) is 0.500. The van der Waals surface area contributed by atoms with E-state index < -0.39 is 23.7 Å². The Morgan fingerprint density at radius 1 is 1.32 bits per heavy atom. The summed E-state index contributed by atoms with van der Waals surface area (Å²) in [4.78, 5) is 24.9. The van der Waals surface area contributed by atoms with Gasteiger partial charge in [0.2, 0.25) is 0 Å². The minimum Gasteiger partial charge on any atom is -0.480 e. The third-order valence-corrected chi connectivity index (χ3v) is 3.74. The predicted molar refractivity (Wildman–Crippen MR) is 88.7 cm³/mol. The molecule has 7 heteroatoms. The van der Waals surface area contributed by atoms with Gasteiger partial charge in [-0.3, -0.25) is 4.90 Å². The number of carbonyl (C=O) groups excluding carboxylic acids is 1. The number of carboxylic acids is 1. The van der Waals surface area contributed by atoms with Crippen LogP contribution >= 0.6 is 0 Å². The van der Waals surface area contributed by atoms with Crippen molar-refractivity contribution in [3.63, 3.8) is 0 Å². The molecule has 2 rings (SSSR count). The van der Waals surface area contributed by atoms with Crippen molar-refractivity contribution in [1.82, 2.24) is 4.90 Å². The molecule has 1 amide bonds. The summed E-state index contributed by atoms with van der Waals surface area (Å²) in [6.07, 6.45) is -0.821. The number of nitriles is 1. The van der Waals surface area contributed by atoms with Crippen molar-refractivity contribution in [2.75, 3.05) is 6.54 Å². The Bertz CT molecular complexity index is 672. The van der Waals surface area contributed by atoms with E-state index in [0.29, 0.717) is 5.56 Å². The van der Waals surface area contributed by atoms with Crippen LogP contribution in [-0.4, -0.2) is 46.4 Å². The summed E-state index contributed by atoms with van der Waals surface area (Å²) in [5, 5.41) is 18.1. The van der Waals surface area contributed by atoms with Crippen molar-refractivity contribution >= 4 is 12.1 Å². The van der Waals surface area contributed by atoms with Gasteiger partial charge in [0.15, 0.2) is 0 Å². The lowest BCUT2D eigenvalue weighted by atomic mass is 10.1. The van der Waals surface area contributed by atoms with Gasteiger partial charge in [0.25, 0.3) is 0 Å². The van der Waals surface area contributed by atoms with Crippen LogP contribution in [0.4, 0.5) is 4.79 Å². The highest BCUT2D eigenvalue weighted by atomic mass is 16.6. The highest BCUT2D eigenvalue weighted by molar-refractivity contribution is 5.81. The molecule has 7 nitrogen and oxygen atoms in total. The Labute approximate surface area is 146 Å². The van der Waals surface area contributed by atoms with Gasteiger partial charge in [0, 0.05) is 6.42 Å². The second kappa shape index (κ2) is 7.53. The summed E-state index contributed by atoms with van der Waals surface area (Å²) in [7, 11) is 0. The largest absolute Gasteiger partial charge is 0.480 e. The standard InChI is InChI=1S/C18H22N2O5/c1-18(2,3)25-17(23)20-10-14(8-15(20)16(21)22)24-11-13-6-4-12(9-19)5-7-13/h4-7,14-15H,8,10-11H2,1-3H3,(H,21,22)/t14-,15+/m1/s1. The summed E-state index contributed by atoms with van der Waals surface area (Å²) in [5.41, 5.74) is 0.745. The van der Waals surface area contributed by atoms with Crippen LogP contribution in [0.5, 0.6) is 0 Å². The van der Waals surface area contributed by atoms with Crippen LogP contribution in [0, 0.1) is 11.3 Å². The topological polar surface area (TPSA) is 99.9 Å². The predicted octanol–water partition coefficient (Wildman–Crippen LogP) is 2.54. The van der Waals surface area contributed by atoms with E-state index in [1.807, 2.05) is 6.07 Å². The first kappa shape index (κ1) is 18.7. The molecule has 2 atom stereocenters. The average molecular weight is 346 g/mol. The SMILES string of the molecule is CC(C)(C)OC(=O)N1C[C@H](OCc2ccc(C#N)cc2)C[C@H]1C(=O)O. The second-order valence-corrected chi connectivity index (χ2v) is 6.96. The van der Waals surface area contributed by atoms with E-state index in [9.17, 15) is 14.7 Å². The fourth-order valence-corrected chi connectivity index (χ4v) is 2.56. The van der Waals surface area contributed by atoms with Crippen molar-refractivity contribution in [3.8, 4) is 6.07 Å². The summed E-state index contributed by atoms with van der Waals surface area (Å²) in [6.45, 7) is 5.65. The first-order valence-corrected chi connectivity index (χ1v) is 8.02. The first-order valence-electron chi connectivity index (χ1n) is 8.02. The van der Waals surface area contributed by atoms with Gasteiger partial charge in [-0.15, -0.1) is 0 Å². The number of aliphatic carboxylic acids is 1. The van der Waals surface area contributed by atoms with E-state index in [4.69, 9.17) is 14.7 Å². The Morgan fingerprint density at radius 3 is 2.48 bits per heavy atom. The average Bonchev–Trinajstić information content (AvgIpc) is 2.96. The van der Waals surface area contributed by atoms with Crippen LogP contribution in [0.25, 0.3) is 0 Å². The van der Waals surface area contributed by atoms with Gasteiger partial charge in [-0.1, -0.05) is 12.1 Å². The zero-order chi connectivity index (χ0) is 18.6. The van der Waals surface area contributed by atoms with Gasteiger partial charge in [-0.05, 0) is 38.5 Å². The maximum absolute atomic E-state index is 12.2. The van der Waals surface area contributed by atoms with Gasteiger partial charge in [0.1, 0.15) is 11.6 Å². The molecule has 1 aliphatic heterocycles. The van der Waals surface area contributed by atoms with Crippen molar-refractivity contribution in [3.05, 3.63) is 35.4 Å². The number of benzene rings is 1. The summed E-state index contributed by atoms with van der Waals surface area (Å²) < 4.78 is 11.0. The molecule has 1 aromatic rings. The highest BCUT2D eigenvalue weighted by Crippen LogP contribution is 2.24. The van der Waals surface area contributed by atoms with Gasteiger partial charge < -0.3 is 14.6 Å². The lowest BCUT2D eigenvalue weighted by Crippen LogP contribution is -2.43. The number of hydrogen-bond donors (Lipinski definition) is 1. The molecule has 1 N–H and O–H groups in total. The molecular formula is C18H22N2O5. The molecular weight excluding hydrogens is 324 g/mol. The number of nitrogens with zero attached hydrogens (tertiary/aromatic N) is 2. The third kappa shape index (κ3) is 5.19. The minimum absolute atomic E-state index is 0.169. The van der Waals surface area contributed by atoms with E-state index in [-0.39, 0.29) is 25.7 Å². The second-order valence-electron chi connectivity index (χ2n) is 6.96. The number of carboxylic acid groups (broad SMARTS) is 1. The minimum atomic E-state index is -1.07. The van der Waals surface area contributed by atoms with Crippen molar-refractivity contribution in [1.29, 1.82) is 5.26 Å². The molecule has 0 aromatic heterocycles. The van der Waals surface area contributed by atoms with Crippen molar-refractivity contribution in [2.45, 2.75) is 51.5 Å². The van der Waals surface area contributed by atoms with E-state index in [1.54, 1.807) is 45.0 Å². The van der Waals surface area contributed by atoms with E-state index in [0.717, 1.165) is 5.56 Å². The Kier molecular flexibility index (Phi) is 5.65. The molecule has 0 spiro atoms. The van der Waals surface area contributed by atoms with Crippen LogP contribution in [-0.2, 0) is 20.9 Å². The molecule has 1 aliphatic rings. The summed E-state index contributed by atoms with van der Waals surface area (Å²) in [6, 6.07) is 8.05. The van der Waals surface area contributed by atoms with Gasteiger partial charge in [0.05, 0.1) is 30.9 Å². The maximum atomic E-state index is 12.2. The molecule has 0 radical (unpaired) electrons. The highest BCUT2D eigenvalue weighted by Gasteiger charge is 2.42. The van der Waals surface area contributed by atoms with Crippen molar-refractivity contribution < 1.29 is 24.2 Å². The maximum Gasteiger partial charge on any atom is 0.411 e. The molecule has 25 heavy (non-hydrogen) atoms. The van der Waals surface area contributed by atoms with Crippen LogP contribution in [0.3, 0.4) is 0 Å². The van der Waals surface area contributed by atoms with Gasteiger partial charge >= 0.3 is 12.1 Å². The van der Waals surface area contributed by atoms with Crippen LogP contribution in [0.2, 0.25) is 0 Å². The molecule has 1 aromatic carbocycles. The normalized spacial score (nSPS) is 20.2. The molecule has 1 fully saturated rings. The van der Waals surface area contributed by atoms with Crippen LogP contribution < -0.4 is 0 Å². The Balaban J connectivity index is 1.97. The zero-order valence-electron chi connectivity index (χ0n) is 14.6. The Hall–Kier alpha value is -2.59. The van der Waals surface area contributed by atoms with E-state index in [1.165, 1.54) is 4.90 Å². The number of ether oxygens (including phenoxy) is 2. The van der Waals surface area contributed by atoms with E-state index >= 15 is 0 Å². The lowest BCUT2D eigenvalue weighted by Gasteiger charge is -2.26. The number of amides is 1. The lowest BCUT2D eigenvalue weighted by molar-refractivity contribution is -0.142. The number of hydrogen-bond acceptors (Lipinski definition) is 5. The smallest absolute Gasteiger partial charge is 0.411 e. The van der Waals surface area contributed by atoms with E-state index in [2.05, 4.69) is 0 Å². The first-order chi connectivity index (χ1) is 11.7. The van der Waals surface area contributed by atoms with Crippen molar-refractivity contribution in [2.24, 2.45) is 0 Å². The number of rotatable bonds is 4. The molecule has 1 saturated heterocycles. The number of likely N-dealkylation sites (tertiary alicyclic amines) is 1.